The fourth-order valence-electron chi connectivity index (χ4n) is 6.46. The van der Waals surface area contributed by atoms with Crippen molar-refractivity contribution in [1.29, 1.82) is 0 Å². The number of hydrogen-bond donors (Lipinski definition) is 0. The Labute approximate surface area is 271 Å². The van der Waals surface area contributed by atoms with Crippen LogP contribution in [0.3, 0.4) is 0 Å². The Morgan fingerprint density at radius 1 is 0.682 bits per heavy atom. The van der Waals surface area contributed by atoms with Gasteiger partial charge < -0.3 is 13.9 Å². The molecule has 7 aromatic rings. The Hall–Kier alpha value is -4.23. The molecule has 5 aromatic carbocycles. The molecule has 4 nitrogen and oxygen atoms in total. The van der Waals surface area contributed by atoms with Gasteiger partial charge in [0, 0.05) is 44.8 Å². The van der Waals surface area contributed by atoms with E-state index in [1.807, 2.05) is 97.2 Å². The van der Waals surface area contributed by atoms with Crippen LogP contribution in [0.25, 0.3) is 27.6 Å². The van der Waals surface area contributed by atoms with Crippen molar-refractivity contribution in [2.24, 2.45) is 0 Å². The smallest absolute Gasteiger partial charge is 0.509 e. The van der Waals surface area contributed by atoms with E-state index in [0.29, 0.717) is 16.8 Å². The minimum atomic E-state index is -3.18. The first-order valence-corrected chi connectivity index (χ1v) is 16.0. The summed E-state index contributed by atoms with van der Waals surface area (Å²) in [5, 5.41) is 4.36. The molecule has 44 heavy (non-hydrogen) atoms. The van der Waals surface area contributed by atoms with Gasteiger partial charge in [-0.25, -0.2) is 4.98 Å². The number of ether oxygens (including phenoxy) is 1. The van der Waals surface area contributed by atoms with Crippen LogP contribution in [0.15, 0.2) is 128 Å². The standard InChI is InChI=1S/C38H27N2O2P.Pt/c1-38(2)33-19-10-18-32-31-22-21-27(25-35(31)40(36(32)33)37-34(38)20-11-23-39-37)42-26-12-9-17-30(24-26)43(41,28-13-5-3-6-14-28)29-15-7-4-8-16-29;/h3-23H,1-2H3;/q-2;+2. The van der Waals surface area contributed by atoms with E-state index in [9.17, 15) is 4.57 Å². The molecule has 0 spiro atoms. The van der Waals surface area contributed by atoms with Gasteiger partial charge in [-0.2, -0.15) is 18.2 Å². The Bertz CT molecular complexity index is 2180. The molecule has 6 heteroatoms. The van der Waals surface area contributed by atoms with Gasteiger partial charge in [0.2, 0.25) is 0 Å². The van der Waals surface area contributed by atoms with Gasteiger partial charge in [-0.05, 0) is 17.0 Å². The maximum atomic E-state index is 14.9. The van der Waals surface area contributed by atoms with Crippen molar-refractivity contribution in [2.75, 3.05) is 0 Å². The number of aromatic nitrogens is 2. The molecule has 0 unspecified atom stereocenters. The maximum absolute atomic E-state index is 14.9. The zero-order valence-electron chi connectivity index (χ0n) is 24.1. The first-order chi connectivity index (χ1) is 21.0. The zero-order chi connectivity index (χ0) is 29.2. The van der Waals surface area contributed by atoms with Crippen LogP contribution >= 0.6 is 7.14 Å². The Morgan fingerprint density at radius 2 is 1.34 bits per heavy atom. The Balaban J connectivity index is 0.00000312. The van der Waals surface area contributed by atoms with Gasteiger partial charge in [0.25, 0.3) is 0 Å². The minimum Gasteiger partial charge on any atom is -0.509 e. The van der Waals surface area contributed by atoms with Gasteiger partial charge >= 0.3 is 21.1 Å². The molecular weight excluding hydrogens is 742 g/mol. The Kier molecular flexibility index (Phi) is 6.96. The van der Waals surface area contributed by atoms with E-state index >= 15 is 0 Å². The molecular formula is C38H27N2O2PPt. The van der Waals surface area contributed by atoms with E-state index < -0.39 is 7.14 Å². The van der Waals surface area contributed by atoms with Crippen LogP contribution in [-0.2, 0) is 31.0 Å². The van der Waals surface area contributed by atoms with Gasteiger partial charge in [0.15, 0.2) is 0 Å². The molecule has 3 heterocycles. The zero-order valence-corrected chi connectivity index (χ0v) is 27.3. The van der Waals surface area contributed by atoms with Crippen LogP contribution in [0.5, 0.6) is 11.5 Å². The van der Waals surface area contributed by atoms with E-state index in [-0.39, 0.29) is 26.5 Å². The second-order valence-corrected chi connectivity index (χ2v) is 14.1. The van der Waals surface area contributed by atoms with Crippen LogP contribution in [-0.4, -0.2) is 9.55 Å². The minimum absolute atomic E-state index is 0. The largest absolute Gasteiger partial charge is 2.00 e. The van der Waals surface area contributed by atoms with Crippen LogP contribution in [0, 0.1) is 12.1 Å². The topological polar surface area (TPSA) is 44.1 Å². The number of hydrogen-bond acceptors (Lipinski definition) is 3. The number of para-hydroxylation sites is 1. The summed E-state index contributed by atoms with van der Waals surface area (Å²) in [5.41, 5.74) is 4.31. The number of benzene rings is 5. The summed E-state index contributed by atoms with van der Waals surface area (Å²) < 4.78 is 23.5. The molecule has 0 N–H and O–H groups in total. The summed E-state index contributed by atoms with van der Waals surface area (Å²) in [6, 6.07) is 46.4. The summed E-state index contributed by atoms with van der Waals surface area (Å²) in [6.45, 7) is 4.52. The fraction of sp³-hybridized carbons (Fsp3) is 0.0789. The van der Waals surface area contributed by atoms with E-state index in [1.165, 1.54) is 16.5 Å². The van der Waals surface area contributed by atoms with E-state index in [1.54, 1.807) is 0 Å². The van der Waals surface area contributed by atoms with Crippen molar-refractivity contribution in [3.8, 4) is 17.3 Å². The number of nitrogens with zero attached hydrogens (tertiary/aromatic N) is 2. The molecule has 0 atom stereocenters. The molecule has 1 aliphatic heterocycles. The summed E-state index contributed by atoms with van der Waals surface area (Å²) in [6.07, 6.45) is 1.85. The molecule has 216 valence electrons. The third kappa shape index (κ3) is 4.24. The van der Waals surface area contributed by atoms with Crippen molar-refractivity contribution in [1.82, 2.24) is 9.55 Å². The maximum Gasteiger partial charge on any atom is 2.00 e. The van der Waals surface area contributed by atoms with Gasteiger partial charge in [-0.15, -0.1) is 29.7 Å². The summed E-state index contributed by atoms with van der Waals surface area (Å²) in [7, 11) is -3.18. The molecule has 1 aliphatic rings. The summed E-state index contributed by atoms with van der Waals surface area (Å²) in [4.78, 5) is 4.84. The van der Waals surface area contributed by atoms with Gasteiger partial charge in [0.05, 0.1) is 0 Å². The van der Waals surface area contributed by atoms with Crippen molar-refractivity contribution in [3.05, 3.63) is 151 Å². The van der Waals surface area contributed by atoms with Crippen LogP contribution in [0.4, 0.5) is 0 Å². The van der Waals surface area contributed by atoms with E-state index in [4.69, 9.17) is 9.72 Å². The average Bonchev–Trinajstić information content (AvgIpc) is 3.38. The molecule has 0 bridgehead atoms. The van der Waals surface area contributed by atoms with Crippen LogP contribution < -0.4 is 20.7 Å². The monoisotopic (exact) mass is 769 g/mol. The molecule has 2 aromatic heterocycles. The predicted octanol–water partition coefficient (Wildman–Crippen LogP) is 7.85. The average molecular weight is 770 g/mol. The number of pyridine rings is 1. The molecule has 8 rings (SSSR count). The fourth-order valence-corrected chi connectivity index (χ4v) is 9.06. The van der Waals surface area contributed by atoms with Crippen LogP contribution in [0.1, 0.15) is 25.0 Å². The van der Waals surface area contributed by atoms with Crippen LogP contribution in [0.2, 0.25) is 0 Å². The quantitative estimate of drug-likeness (QED) is 0.133. The second-order valence-electron chi connectivity index (χ2n) is 11.4. The van der Waals surface area contributed by atoms with Crippen molar-refractivity contribution >= 4 is 44.9 Å². The predicted molar refractivity (Wildman–Crippen MR) is 174 cm³/mol. The van der Waals surface area contributed by atoms with E-state index in [2.05, 4.69) is 60.9 Å². The van der Waals surface area contributed by atoms with Gasteiger partial charge in [-0.1, -0.05) is 110 Å². The van der Waals surface area contributed by atoms with Gasteiger partial charge in [0.1, 0.15) is 13.0 Å². The molecule has 0 amide bonds. The number of fused-ring (bicyclic) bond motifs is 5. The van der Waals surface area contributed by atoms with Crippen molar-refractivity contribution in [2.45, 2.75) is 19.3 Å². The van der Waals surface area contributed by atoms with E-state index in [0.717, 1.165) is 32.8 Å². The molecule has 0 saturated heterocycles. The molecule has 0 saturated carbocycles. The third-order valence-corrected chi connectivity index (χ3v) is 11.6. The second kappa shape index (κ2) is 10.7. The molecule has 0 fully saturated rings. The first kappa shape index (κ1) is 28.5. The van der Waals surface area contributed by atoms with Gasteiger partial charge in [-0.3, -0.25) is 0 Å². The number of rotatable bonds is 5. The third-order valence-electron chi connectivity index (χ3n) is 8.57. The van der Waals surface area contributed by atoms with Crippen molar-refractivity contribution in [3.63, 3.8) is 0 Å². The normalized spacial score (nSPS) is 13.3. The SMILES string of the molecule is CC1(C)c2cccnc2-n2c3[c-]c(Oc4[c-]c(P(=O)(c5ccccc5)c5ccccc5)ccc4)ccc3c3cccc1c32.[Pt+2]. The molecule has 0 radical (unpaired) electrons. The summed E-state index contributed by atoms with van der Waals surface area (Å²) in [5.74, 6) is 1.95. The van der Waals surface area contributed by atoms with Crippen molar-refractivity contribution < 1.29 is 30.4 Å². The summed E-state index contributed by atoms with van der Waals surface area (Å²) >= 11 is 0. The molecule has 0 aliphatic carbocycles. The first-order valence-electron chi connectivity index (χ1n) is 14.3. The Morgan fingerprint density at radius 3 is 2.07 bits per heavy atom.